The van der Waals surface area contributed by atoms with E-state index in [9.17, 15) is 0 Å². The number of nitrogens with zero attached hydrogens (tertiary/aromatic N) is 3. The SMILES string of the molecule is CCCn1cc(Oc2ccc(N)cc2C#N)cn1. The van der Waals surface area contributed by atoms with Crippen molar-refractivity contribution in [3.05, 3.63) is 36.2 Å². The molecule has 5 nitrogen and oxygen atoms in total. The highest BCUT2D eigenvalue weighted by molar-refractivity contribution is 5.54. The van der Waals surface area contributed by atoms with Gasteiger partial charge in [0.15, 0.2) is 5.75 Å². The molecule has 0 aliphatic rings. The minimum atomic E-state index is 0.415. The first-order valence-electron chi connectivity index (χ1n) is 5.73. The molecule has 18 heavy (non-hydrogen) atoms. The highest BCUT2D eigenvalue weighted by Crippen LogP contribution is 2.26. The van der Waals surface area contributed by atoms with Gasteiger partial charge in [0, 0.05) is 12.2 Å². The Hall–Kier alpha value is -2.48. The van der Waals surface area contributed by atoms with Crippen molar-refractivity contribution in [3.63, 3.8) is 0 Å². The number of hydrogen-bond acceptors (Lipinski definition) is 4. The molecule has 0 radical (unpaired) electrons. The molecule has 2 rings (SSSR count). The van der Waals surface area contributed by atoms with Crippen molar-refractivity contribution in [1.82, 2.24) is 9.78 Å². The summed E-state index contributed by atoms with van der Waals surface area (Å²) in [5.41, 5.74) is 6.57. The zero-order valence-corrected chi connectivity index (χ0v) is 10.1. The molecule has 0 bridgehead atoms. The lowest BCUT2D eigenvalue weighted by molar-refractivity contribution is 0.479. The van der Waals surface area contributed by atoms with Gasteiger partial charge in [0.1, 0.15) is 11.8 Å². The van der Waals surface area contributed by atoms with Gasteiger partial charge in [0.25, 0.3) is 0 Å². The lowest BCUT2D eigenvalue weighted by Gasteiger charge is -2.05. The van der Waals surface area contributed by atoms with Crippen LogP contribution < -0.4 is 10.5 Å². The first-order valence-corrected chi connectivity index (χ1v) is 5.73. The smallest absolute Gasteiger partial charge is 0.165 e. The van der Waals surface area contributed by atoms with E-state index in [0.29, 0.717) is 22.7 Å². The van der Waals surface area contributed by atoms with E-state index in [1.807, 2.05) is 0 Å². The summed E-state index contributed by atoms with van der Waals surface area (Å²) in [5.74, 6) is 1.10. The molecule has 2 N–H and O–H groups in total. The molecule has 5 heteroatoms. The summed E-state index contributed by atoms with van der Waals surface area (Å²) in [4.78, 5) is 0. The Morgan fingerprint density at radius 2 is 2.33 bits per heavy atom. The summed E-state index contributed by atoms with van der Waals surface area (Å²) < 4.78 is 7.43. The van der Waals surface area contributed by atoms with Crippen LogP contribution in [0.5, 0.6) is 11.5 Å². The first kappa shape index (κ1) is 12.0. The van der Waals surface area contributed by atoms with Gasteiger partial charge in [-0.3, -0.25) is 4.68 Å². The van der Waals surface area contributed by atoms with Crippen LogP contribution in [0, 0.1) is 11.3 Å². The third-order valence-corrected chi connectivity index (χ3v) is 2.41. The monoisotopic (exact) mass is 242 g/mol. The molecule has 0 fully saturated rings. The van der Waals surface area contributed by atoms with Gasteiger partial charge < -0.3 is 10.5 Å². The summed E-state index contributed by atoms with van der Waals surface area (Å²) in [6.45, 7) is 2.92. The van der Waals surface area contributed by atoms with Crippen LogP contribution in [-0.4, -0.2) is 9.78 Å². The van der Waals surface area contributed by atoms with Crippen molar-refractivity contribution in [1.29, 1.82) is 5.26 Å². The maximum Gasteiger partial charge on any atom is 0.165 e. The fourth-order valence-corrected chi connectivity index (χ4v) is 1.60. The van der Waals surface area contributed by atoms with E-state index in [4.69, 9.17) is 15.7 Å². The standard InChI is InChI=1S/C13H14N4O/c1-2-5-17-9-12(8-16-17)18-13-4-3-11(15)6-10(13)7-14/h3-4,6,8-9H,2,5,15H2,1H3. The molecule has 0 aliphatic heterocycles. The molecule has 0 amide bonds. The van der Waals surface area contributed by atoms with Crippen LogP contribution in [0.25, 0.3) is 0 Å². The van der Waals surface area contributed by atoms with Gasteiger partial charge in [-0.2, -0.15) is 10.4 Å². The maximum absolute atomic E-state index is 9.00. The molecular weight excluding hydrogens is 228 g/mol. The zero-order chi connectivity index (χ0) is 13.0. The Morgan fingerprint density at radius 3 is 3.06 bits per heavy atom. The van der Waals surface area contributed by atoms with Crippen LogP contribution in [0.3, 0.4) is 0 Å². The van der Waals surface area contributed by atoms with E-state index in [1.54, 1.807) is 35.3 Å². The Balaban J connectivity index is 2.20. The van der Waals surface area contributed by atoms with Crippen molar-refractivity contribution < 1.29 is 4.74 Å². The van der Waals surface area contributed by atoms with Gasteiger partial charge in [-0.25, -0.2) is 0 Å². The van der Waals surface area contributed by atoms with E-state index in [2.05, 4.69) is 18.1 Å². The van der Waals surface area contributed by atoms with Gasteiger partial charge in [0.2, 0.25) is 0 Å². The second kappa shape index (κ2) is 5.23. The Bertz CT molecular complexity index is 583. The molecule has 0 aliphatic carbocycles. The van der Waals surface area contributed by atoms with Crippen molar-refractivity contribution >= 4 is 5.69 Å². The molecule has 0 unspecified atom stereocenters. The minimum absolute atomic E-state index is 0.415. The third-order valence-electron chi connectivity index (χ3n) is 2.41. The predicted octanol–water partition coefficient (Wildman–Crippen LogP) is 2.54. The normalized spacial score (nSPS) is 10.0. The largest absolute Gasteiger partial charge is 0.453 e. The van der Waals surface area contributed by atoms with Crippen LogP contribution in [0.15, 0.2) is 30.6 Å². The molecule has 0 atom stereocenters. The van der Waals surface area contributed by atoms with E-state index in [0.717, 1.165) is 13.0 Å². The van der Waals surface area contributed by atoms with Crippen molar-refractivity contribution in [3.8, 4) is 17.6 Å². The zero-order valence-electron chi connectivity index (χ0n) is 10.1. The summed E-state index contributed by atoms with van der Waals surface area (Å²) in [5, 5.41) is 13.2. The number of nitrogen functional groups attached to an aromatic ring is 1. The molecule has 0 saturated carbocycles. The summed E-state index contributed by atoms with van der Waals surface area (Å²) in [6, 6.07) is 7.03. The fraction of sp³-hybridized carbons (Fsp3) is 0.231. The highest BCUT2D eigenvalue weighted by Gasteiger charge is 2.06. The van der Waals surface area contributed by atoms with Gasteiger partial charge in [-0.1, -0.05) is 6.92 Å². The van der Waals surface area contributed by atoms with Crippen LogP contribution in [0.1, 0.15) is 18.9 Å². The van der Waals surface area contributed by atoms with Crippen LogP contribution in [-0.2, 0) is 6.54 Å². The predicted molar refractivity (Wildman–Crippen MR) is 68.2 cm³/mol. The van der Waals surface area contributed by atoms with E-state index in [-0.39, 0.29) is 0 Å². The fourth-order valence-electron chi connectivity index (χ4n) is 1.60. The topological polar surface area (TPSA) is 76.9 Å². The quantitative estimate of drug-likeness (QED) is 0.836. The summed E-state index contributed by atoms with van der Waals surface area (Å²) in [7, 11) is 0. The number of ether oxygens (including phenoxy) is 1. The maximum atomic E-state index is 9.00. The number of aromatic nitrogens is 2. The number of anilines is 1. The molecule has 0 spiro atoms. The van der Waals surface area contributed by atoms with Crippen LogP contribution >= 0.6 is 0 Å². The van der Waals surface area contributed by atoms with Crippen molar-refractivity contribution in [2.24, 2.45) is 0 Å². The average Bonchev–Trinajstić information content (AvgIpc) is 2.79. The lowest BCUT2D eigenvalue weighted by Crippen LogP contribution is -1.95. The Kier molecular flexibility index (Phi) is 3.49. The van der Waals surface area contributed by atoms with Gasteiger partial charge in [0.05, 0.1) is 18.0 Å². The molecule has 1 heterocycles. The minimum Gasteiger partial charge on any atom is -0.453 e. The second-order valence-corrected chi connectivity index (χ2v) is 3.91. The van der Waals surface area contributed by atoms with Gasteiger partial charge in [-0.05, 0) is 24.6 Å². The lowest BCUT2D eigenvalue weighted by atomic mass is 10.2. The molecule has 1 aromatic heterocycles. The molecule has 2 aromatic rings. The number of rotatable bonds is 4. The first-order chi connectivity index (χ1) is 8.72. The van der Waals surface area contributed by atoms with E-state index in [1.165, 1.54) is 0 Å². The van der Waals surface area contributed by atoms with Gasteiger partial charge in [-0.15, -0.1) is 0 Å². The molecule has 92 valence electrons. The second-order valence-electron chi connectivity index (χ2n) is 3.91. The molecular formula is C13H14N4O. The summed E-state index contributed by atoms with van der Waals surface area (Å²) >= 11 is 0. The number of hydrogen-bond donors (Lipinski definition) is 1. The van der Waals surface area contributed by atoms with Crippen molar-refractivity contribution in [2.45, 2.75) is 19.9 Å². The van der Waals surface area contributed by atoms with Crippen LogP contribution in [0.2, 0.25) is 0 Å². The number of nitrogens with two attached hydrogens (primary N) is 1. The average molecular weight is 242 g/mol. The van der Waals surface area contributed by atoms with Gasteiger partial charge >= 0.3 is 0 Å². The van der Waals surface area contributed by atoms with E-state index < -0.39 is 0 Å². The highest BCUT2D eigenvalue weighted by atomic mass is 16.5. The van der Waals surface area contributed by atoms with Crippen molar-refractivity contribution in [2.75, 3.05) is 5.73 Å². The Labute approximate surface area is 105 Å². The number of nitriles is 1. The third kappa shape index (κ3) is 2.61. The molecule has 0 saturated heterocycles. The number of aryl methyl sites for hydroxylation is 1. The van der Waals surface area contributed by atoms with E-state index >= 15 is 0 Å². The van der Waals surface area contributed by atoms with Crippen LogP contribution in [0.4, 0.5) is 5.69 Å². The summed E-state index contributed by atoms with van der Waals surface area (Å²) in [6.07, 6.45) is 4.45. The Morgan fingerprint density at radius 1 is 1.50 bits per heavy atom. The number of benzene rings is 1. The molecule has 1 aromatic carbocycles.